The van der Waals surface area contributed by atoms with Crippen LogP contribution in [0.15, 0.2) is 23.1 Å². The molecular weight excluding hydrogens is 370 g/mol. The molecule has 0 bridgehead atoms. The molecule has 1 N–H and O–H groups in total. The zero-order valence-corrected chi connectivity index (χ0v) is 15.8. The van der Waals surface area contributed by atoms with Crippen molar-refractivity contribution in [3.8, 4) is 0 Å². The van der Waals surface area contributed by atoms with Crippen molar-refractivity contribution in [2.24, 2.45) is 0 Å². The van der Waals surface area contributed by atoms with Crippen LogP contribution < -0.4 is 4.72 Å². The third kappa shape index (κ3) is 4.65. The molecule has 0 saturated carbocycles. The van der Waals surface area contributed by atoms with Crippen LogP contribution in [0.1, 0.15) is 19.8 Å². The molecule has 2 rings (SSSR count). The third-order valence-corrected chi connectivity index (χ3v) is 5.87. The molecule has 1 aromatic carbocycles. The predicted molar refractivity (Wildman–Crippen MR) is 95.8 cm³/mol. The number of thioether (sulfide) groups is 1. The van der Waals surface area contributed by atoms with E-state index in [0.29, 0.717) is 29.6 Å². The van der Waals surface area contributed by atoms with Gasteiger partial charge in [0.2, 0.25) is 10.0 Å². The Bertz CT molecular complexity index is 791. The lowest BCUT2D eigenvalue weighted by molar-refractivity contribution is -0.145. The SMILES string of the molecule is CCCOC(=O)C(CCSC)NS(=O)(=O)c1cccc2nsnc12. The largest absolute Gasteiger partial charge is 0.465 e. The zero-order chi connectivity index (χ0) is 17.6. The van der Waals surface area contributed by atoms with E-state index in [1.54, 1.807) is 12.1 Å². The lowest BCUT2D eigenvalue weighted by atomic mass is 10.2. The second-order valence-corrected chi connectivity index (χ2v) is 8.21. The van der Waals surface area contributed by atoms with E-state index in [1.807, 2.05) is 13.2 Å². The summed E-state index contributed by atoms with van der Waals surface area (Å²) in [7, 11) is -3.91. The third-order valence-electron chi connectivity index (χ3n) is 3.18. The average Bonchev–Trinajstić information content (AvgIpc) is 3.04. The van der Waals surface area contributed by atoms with Gasteiger partial charge in [-0.1, -0.05) is 13.0 Å². The molecule has 0 amide bonds. The smallest absolute Gasteiger partial charge is 0.324 e. The van der Waals surface area contributed by atoms with E-state index in [2.05, 4.69) is 13.5 Å². The van der Waals surface area contributed by atoms with Gasteiger partial charge in [-0.3, -0.25) is 4.79 Å². The number of benzene rings is 1. The number of hydrogen-bond donors (Lipinski definition) is 1. The van der Waals surface area contributed by atoms with Crippen LogP contribution in [0.3, 0.4) is 0 Å². The Morgan fingerprint density at radius 3 is 2.92 bits per heavy atom. The summed E-state index contributed by atoms with van der Waals surface area (Å²) in [5.41, 5.74) is 0.817. The summed E-state index contributed by atoms with van der Waals surface area (Å²) >= 11 is 2.48. The molecule has 1 heterocycles. The molecule has 1 atom stereocenters. The summed E-state index contributed by atoms with van der Waals surface area (Å²) in [5, 5.41) is 0. The normalized spacial score (nSPS) is 13.1. The minimum Gasteiger partial charge on any atom is -0.465 e. The summed E-state index contributed by atoms with van der Waals surface area (Å²) in [6.07, 6.45) is 2.93. The van der Waals surface area contributed by atoms with E-state index in [0.717, 1.165) is 11.7 Å². The second-order valence-electron chi connectivity index (χ2n) is 5.01. The molecule has 7 nitrogen and oxygen atoms in total. The van der Waals surface area contributed by atoms with Crippen LogP contribution in [0, 0.1) is 0 Å². The van der Waals surface area contributed by atoms with Gasteiger partial charge in [0.1, 0.15) is 22.0 Å². The number of aromatic nitrogens is 2. The summed E-state index contributed by atoms with van der Waals surface area (Å²) < 4.78 is 41.1. The molecule has 0 spiro atoms. The van der Waals surface area contributed by atoms with E-state index in [4.69, 9.17) is 4.74 Å². The van der Waals surface area contributed by atoms with E-state index in [1.165, 1.54) is 17.8 Å². The summed E-state index contributed by atoms with van der Waals surface area (Å²) in [6, 6.07) is 3.83. The molecule has 0 aliphatic carbocycles. The molecule has 0 aliphatic heterocycles. The fourth-order valence-electron chi connectivity index (χ4n) is 2.01. The molecule has 1 aromatic heterocycles. The number of rotatable bonds is 9. The van der Waals surface area contributed by atoms with Gasteiger partial charge in [0, 0.05) is 0 Å². The van der Waals surface area contributed by atoms with E-state index in [9.17, 15) is 13.2 Å². The van der Waals surface area contributed by atoms with Crippen LogP contribution in [-0.2, 0) is 19.6 Å². The van der Waals surface area contributed by atoms with Crippen LogP contribution in [0.2, 0.25) is 0 Å². The fourth-order valence-corrected chi connectivity index (χ4v) is 4.47. The van der Waals surface area contributed by atoms with Crippen molar-refractivity contribution in [2.45, 2.75) is 30.7 Å². The van der Waals surface area contributed by atoms with Gasteiger partial charge in [-0.15, -0.1) is 0 Å². The van der Waals surface area contributed by atoms with Crippen LogP contribution in [-0.4, -0.2) is 47.8 Å². The number of nitrogens with zero attached hydrogens (tertiary/aromatic N) is 2. The van der Waals surface area contributed by atoms with Crippen LogP contribution in [0.5, 0.6) is 0 Å². The molecule has 24 heavy (non-hydrogen) atoms. The van der Waals surface area contributed by atoms with Gasteiger partial charge in [0.05, 0.1) is 18.3 Å². The quantitative estimate of drug-likeness (QED) is 0.655. The second kappa shape index (κ2) is 8.75. The first kappa shape index (κ1) is 19.1. The summed E-state index contributed by atoms with van der Waals surface area (Å²) in [5.74, 6) is 0.0784. The minimum atomic E-state index is -3.91. The number of esters is 1. The lowest BCUT2D eigenvalue weighted by Gasteiger charge is -2.17. The van der Waals surface area contributed by atoms with Gasteiger partial charge in [-0.25, -0.2) is 8.42 Å². The van der Waals surface area contributed by atoms with Crippen molar-refractivity contribution in [3.63, 3.8) is 0 Å². The number of fused-ring (bicyclic) bond motifs is 1. The van der Waals surface area contributed by atoms with E-state index < -0.39 is 22.0 Å². The Balaban J connectivity index is 2.25. The van der Waals surface area contributed by atoms with Crippen LogP contribution >= 0.6 is 23.5 Å². The maximum Gasteiger partial charge on any atom is 0.324 e. The van der Waals surface area contributed by atoms with E-state index >= 15 is 0 Å². The highest BCUT2D eigenvalue weighted by molar-refractivity contribution is 7.98. The van der Waals surface area contributed by atoms with E-state index in [-0.39, 0.29) is 11.5 Å². The monoisotopic (exact) mass is 389 g/mol. The molecule has 0 saturated heterocycles. The Hall–Kier alpha value is -1.23. The highest BCUT2D eigenvalue weighted by Crippen LogP contribution is 2.21. The Morgan fingerprint density at radius 1 is 1.42 bits per heavy atom. The first-order valence-corrected chi connectivity index (χ1v) is 11.0. The molecule has 132 valence electrons. The Labute approximate surface area is 149 Å². The molecular formula is C14H19N3O4S3. The molecule has 0 radical (unpaired) electrons. The highest BCUT2D eigenvalue weighted by Gasteiger charge is 2.28. The molecule has 10 heteroatoms. The van der Waals surface area contributed by atoms with Crippen molar-refractivity contribution >= 4 is 50.5 Å². The molecule has 0 fully saturated rings. The first-order valence-electron chi connectivity index (χ1n) is 7.38. The van der Waals surface area contributed by atoms with Gasteiger partial charge in [-0.2, -0.15) is 25.2 Å². The van der Waals surface area contributed by atoms with Crippen LogP contribution in [0.4, 0.5) is 0 Å². The topological polar surface area (TPSA) is 98.2 Å². The van der Waals surface area contributed by atoms with Gasteiger partial charge in [0.15, 0.2) is 0 Å². The van der Waals surface area contributed by atoms with Crippen molar-refractivity contribution < 1.29 is 17.9 Å². The number of hydrogen-bond acceptors (Lipinski definition) is 8. The lowest BCUT2D eigenvalue weighted by Crippen LogP contribution is -2.42. The summed E-state index contributed by atoms with van der Waals surface area (Å²) in [4.78, 5) is 12.2. The van der Waals surface area contributed by atoms with Crippen molar-refractivity contribution in [2.75, 3.05) is 18.6 Å². The van der Waals surface area contributed by atoms with Gasteiger partial charge in [0.25, 0.3) is 0 Å². The Morgan fingerprint density at radius 2 is 2.21 bits per heavy atom. The molecule has 0 aliphatic rings. The number of sulfonamides is 1. The van der Waals surface area contributed by atoms with Crippen molar-refractivity contribution in [1.29, 1.82) is 0 Å². The predicted octanol–water partition coefficient (Wildman–Crippen LogP) is 2.04. The number of carbonyl (C=O) groups is 1. The molecule has 1 unspecified atom stereocenters. The standard InChI is InChI=1S/C14H19N3O4S3/c1-3-8-21-14(18)11(7-9-22-2)17-24(19,20)12-6-4-5-10-13(12)16-23-15-10/h4-6,11,17H,3,7-9H2,1-2H3. The van der Waals surface area contributed by atoms with Crippen molar-refractivity contribution in [3.05, 3.63) is 18.2 Å². The van der Waals surface area contributed by atoms with Gasteiger partial charge < -0.3 is 4.74 Å². The zero-order valence-electron chi connectivity index (χ0n) is 13.4. The number of carbonyl (C=O) groups excluding carboxylic acids is 1. The number of nitrogens with one attached hydrogen (secondary N) is 1. The average molecular weight is 390 g/mol. The van der Waals surface area contributed by atoms with Gasteiger partial charge in [-0.05, 0) is 37.0 Å². The maximum atomic E-state index is 12.7. The fraction of sp³-hybridized carbons (Fsp3) is 0.500. The highest BCUT2D eigenvalue weighted by atomic mass is 32.2. The minimum absolute atomic E-state index is 0.0196. The van der Waals surface area contributed by atoms with Gasteiger partial charge >= 0.3 is 5.97 Å². The summed E-state index contributed by atoms with van der Waals surface area (Å²) in [6.45, 7) is 2.15. The maximum absolute atomic E-state index is 12.7. The first-order chi connectivity index (χ1) is 11.5. The van der Waals surface area contributed by atoms with Crippen LogP contribution in [0.25, 0.3) is 11.0 Å². The Kier molecular flexibility index (Phi) is 6.96. The van der Waals surface area contributed by atoms with Crippen molar-refractivity contribution in [1.82, 2.24) is 13.5 Å². The molecule has 2 aromatic rings. The number of ether oxygens (including phenoxy) is 1.